The predicted octanol–water partition coefficient (Wildman–Crippen LogP) is 3.19. The first-order valence-corrected chi connectivity index (χ1v) is 8.38. The maximum atomic E-state index is 5.51. The minimum Gasteiger partial charge on any atom is -0.382 e. The molecule has 1 saturated carbocycles. The molecule has 0 amide bonds. The molecule has 1 aliphatic carbocycles. The molecule has 0 saturated heterocycles. The molecule has 0 aromatic heterocycles. The van der Waals surface area contributed by atoms with Gasteiger partial charge in [0.2, 0.25) is 0 Å². The topological polar surface area (TPSA) is 24.5 Å². The van der Waals surface area contributed by atoms with Crippen LogP contribution in [0.2, 0.25) is 0 Å². The van der Waals surface area contributed by atoms with Crippen LogP contribution in [-0.4, -0.2) is 31.8 Å². The number of nitrogens with zero attached hydrogens (tertiary/aromatic N) is 1. The first-order chi connectivity index (χ1) is 10.2. The van der Waals surface area contributed by atoms with Crippen LogP contribution in [0.25, 0.3) is 0 Å². The Morgan fingerprint density at radius 3 is 2.90 bits per heavy atom. The zero-order valence-electron chi connectivity index (χ0n) is 13.4. The van der Waals surface area contributed by atoms with Crippen molar-refractivity contribution >= 4 is 5.69 Å². The SMILES string of the molecule is CCOCCCN1CC(C)(C2CC2)NCc2ccccc21. The minimum absolute atomic E-state index is 0.255. The third-order valence-corrected chi connectivity index (χ3v) is 4.93. The second-order valence-corrected chi connectivity index (χ2v) is 6.65. The standard InChI is InChI=1S/C18H28N2O/c1-3-21-12-6-11-20-14-18(2,16-9-10-16)19-13-15-7-4-5-8-17(15)20/h4-5,7-8,16,19H,3,6,9-14H2,1-2H3. The van der Waals surface area contributed by atoms with Gasteiger partial charge in [-0.15, -0.1) is 0 Å². The van der Waals surface area contributed by atoms with Crippen LogP contribution < -0.4 is 10.2 Å². The van der Waals surface area contributed by atoms with Crippen molar-refractivity contribution in [2.24, 2.45) is 5.92 Å². The summed E-state index contributed by atoms with van der Waals surface area (Å²) in [6, 6.07) is 8.85. The van der Waals surface area contributed by atoms with Crippen molar-refractivity contribution in [2.75, 3.05) is 31.2 Å². The number of rotatable bonds is 6. The zero-order valence-corrected chi connectivity index (χ0v) is 13.4. The summed E-state index contributed by atoms with van der Waals surface area (Å²) in [5, 5.41) is 3.83. The number of benzene rings is 1. The van der Waals surface area contributed by atoms with Crippen LogP contribution in [0.15, 0.2) is 24.3 Å². The van der Waals surface area contributed by atoms with Gasteiger partial charge in [0, 0.05) is 44.1 Å². The molecule has 1 heterocycles. The summed E-state index contributed by atoms with van der Waals surface area (Å²) >= 11 is 0. The summed E-state index contributed by atoms with van der Waals surface area (Å²) in [5.41, 5.74) is 3.09. The van der Waals surface area contributed by atoms with Crippen molar-refractivity contribution in [1.29, 1.82) is 0 Å². The van der Waals surface area contributed by atoms with E-state index in [1.807, 2.05) is 0 Å². The highest BCUT2D eigenvalue weighted by Crippen LogP contribution is 2.42. The molecule has 0 radical (unpaired) electrons. The maximum absolute atomic E-state index is 5.51. The molecule has 1 aromatic rings. The van der Waals surface area contributed by atoms with E-state index in [1.165, 1.54) is 24.1 Å². The van der Waals surface area contributed by atoms with Gasteiger partial charge in [0.25, 0.3) is 0 Å². The van der Waals surface area contributed by atoms with Gasteiger partial charge < -0.3 is 15.0 Å². The van der Waals surface area contributed by atoms with E-state index >= 15 is 0 Å². The Bertz CT molecular complexity index is 472. The highest BCUT2D eigenvalue weighted by molar-refractivity contribution is 5.55. The molecule has 1 unspecified atom stereocenters. The van der Waals surface area contributed by atoms with E-state index in [9.17, 15) is 0 Å². The fourth-order valence-corrected chi connectivity index (χ4v) is 3.50. The van der Waals surface area contributed by atoms with Crippen LogP contribution in [0.5, 0.6) is 0 Å². The van der Waals surface area contributed by atoms with Crippen molar-refractivity contribution in [3.05, 3.63) is 29.8 Å². The van der Waals surface area contributed by atoms with Crippen molar-refractivity contribution in [3.63, 3.8) is 0 Å². The lowest BCUT2D eigenvalue weighted by Crippen LogP contribution is -2.51. The molecule has 1 atom stereocenters. The molecule has 116 valence electrons. The van der Waals surface area contributed by atoms with Crippen molar-refractivity contribution in [3.8, 4) is 0 Å². The van der Waals surface area contributed by atoms with E-state index in [4.69, 9.17) is 4.74 Å². The lowest BCUT2D eigenvalue weighted by Gasteiger charge is -2.35. The van der Waals surface area contributed by atoms with Gasteiger partial charge in [-0.05, 0) is 50.7 Å². The van der Waals surface area contributed by atoms with Gasteiger partial charge in [-0.25, -0.2) is 0 Å². The molecular weight excluding hydrogens is 260 g/mol. The number of para-hydroxylation sites is 1. The van der Waals surface area contributed by atoms with Gasteiger partial charge in [0.15, 0.2) is 0 Å². The molecule has 1 aromatic carbocycles. The summed E-state index contributed by atoms with van der Waals surface area (Å²) in [5.74, 6) is 0.848. The van der Waals surface area contributed by atoms with Crippen LogP contribution in [0, 0.1) is 5.92 Å². The minimum atomic E-state index is 0.255. The van der Waals surface area contributed by atoms with Crippen LogP contribution in [0.1, 0.15) is 38.7 Å². The van der Waals surface area contributed by atoms with Crippen molar-refractivity contribution < 1.29 is 4.74 Å². The Hall–Kier alpha value is -1.06. The van der Waals surface area contributed by atoms with E-state index in [2.05, 4.69) is 48.3 Å². The Labute approximate surface area is 128 Å². The summed E-state index contributed by atoms with van der Waals surface area (Å²) in [6.07, 6.45) is 3.86. The second-order valence-electron chi connectivity index (χ2n) is 6.65. The van der Waals surface area contributed by atoms with Crippen molar-refractivity contribution in [2.45, 2.75) is 45.2 Å². The fourth-order valence-electron chi connectivity index (χ4n) is 3.50. The van der Waals surface area contributed by atoms with Crippen LogP contribution in [0.3, 0.4) is 0 Å². The molecule has 3 rings (SSSR count). The van der Waals surface area contributed by atoms with Gasteiger partial charge in [0.1, 0.15) is 0 Å². The van der Waals surface area contributed by atoms with E-state index in [0.29, 0.717) is 0 Å². The molecule has 1 aliphatic heterocycles. The first kappa shape index (κ1) is 14.9. The molecule has 0 bridgehead atoms. The van der Waals surface area contributed by atoms with Gasteiger partial charge in [-0.2, -0.15) is 0 Å². The fraction of sp³-hybridized carbons (Fsp3) is 0.667. The molecule has 0 spiro atoms. The number of nitrogens with one attached hydrogen (secondary N) is 1. The Balaban J connectivity index is 1.75. The molecule has 3 nitrogen and oxygen atoms in total. The van der Waals surface area contributed by atoms with Crippen LogP contribution >= 0.6 is 0 Å². The molecule has 2 aliphatic rings. The first-order valence-electron chi connectivity index (χ1n) is 8.38. The second kappa shape index (κ2) is 6.37. The predicted molar refractivity (Wildman–Crippen MR) is 87.7 cm³/mol. The molecular formula is C18H28N2O. The van der Waals surface area contributed by atoms with Crippen LogP contribution in [0.4, 0.5) is 5.69 Å². The molecule has 21 heavy (non-hydrogen) atoms. The highest BCUT2D eigenvalue weighted by Gasteiger charge is 2.43. The summed E-state index contributed by atoms with van der Waals surface area (Å²) in [6.45, 7) is 9.34. The Morgan fingerprint density at radius 2 is 2.14 bits per heavy atom. The lowest BCUT2D eigenvalue weighted by molar-refractivity contribution is 0.145. The van der Waals surface area contributed by atoms with Gasteiger partial charge in [-0.1, -0.05) is 18.2 Å². The van der Waals surface area contributed by atoms with Gasteiger partial charge in [-0.3, -0.25) is 0 Å². The molecule has 3 heteroatoms. The van der Waals surface area contributed by atoms with Crippen molar-refractivity contribution in [1.82, 2.24) is 5.32 Å². The third kappa shape index (κ3) is 3.41. The zero-order chi connectivity index (χ0) is 14.7. The lowest BCUT2D eigenvalue weighted by atomic mass is 9.95. The number of hydrogen-bond donors (Lipinski definition) is 1. The largest absolute Gasteiger partial charge is 0.382 e. The summed E-state index contributed by atoms with van der Waals surface area (Å²) in [7, 11) is 0. The van der Waals surface area contributed by atoms with E-state index in [0.717, 1.165) is 45.2 Å². The summed E-state index contributed by atoms with van der Waals surface area (Å²) in [4.78, 5) is 2.58. The molecule has 1 fully saturated rings. The monoisotopic (exact) mass is 288 g/mol. The number of ether oxygens (including phenoxy) is 1. The Kier molecular flexibility index (Phi) is 4.51. The Morgan fingerprint density at radius 1 is 1.33 bits per heavy atom. The number of hydrogen-bond acceptors (Lipinski definition) is 3. The van der Waals surface area contributed by atoms with E-state index < -0.39 is 0 Å². The van der Waals surface area contributed by atoms with Gasteiger partial charge >= 0.3 is 0 Å². The molecule has 1 N–H and O–H groups in total. The normalized spacial score (nSPS) is 25.5. The average molecular weight is 288 g/mol. The number of anilines is 1. The third-order valence-electron chi connectivity index (χ3n) is 4.93. The quantitative estimate of drug-likeness (QED) is 0.814. The van der Waals surface area contributed by atoms with Gasteiger partial charge in [0.05, 0.1) is 0 Å². The van der Waals surface area contributed by atoms with Crippen LogP contribution in [-0.2, 0) is 11.3 Å². The average Bonchev–Trinajstić information content (AvgIpc) is 3.33. The smallest absolute Gasteiger partial charge is 0.0482 e. The summed E-state index contributed by atoms with van der Waals surface area (Å²) < 4.78 is 5.51. The van der Waals surface area contributed by atoms with E-state index in [-0.39, 0.29) is 5.54 Å². The highest BCUT2D eigenvalue weighted by atomic mass is 16.5. The number of fused-ring (bicyclic) bond motifs is 1. The maximum Gasteiger partial charge on any atom is 0.0482 e. The van der Waals surface area contributed by atoms with E-state index in [1.54, 1.807) is 0 Å².